The third-order valence-corrected chi connectivity index (χ3v) is 6.17. The molecule has 1 aliphatic rings. The van der Waals surface area contributed by atoms with Gasteiger partial charge in [-0.05, 0) is 47.5 Å². The molecule has 1 aliphatic heterocycles. The Kier molecular flexibility index (Phi) is 6.68. The molecule has 4 amide bonds. The molecular weight excluding hydrogens is 466 g/mol. The monoisotopic (exact) mass is 491 g/mol. The quantitative estimate of drug-likeness (QED) is 0.336. The molecule has 7 nitrogen and oxygen atoms in total. The Labute approximate surface area is 214 Å². The minimum atomic E-state index is -1.30. The zero-order valence-electron chi connectivity index (χ0n) is 20.0. The van der Waals surface area contributed by atoms with Gasteiger partial charge in [0.25, 0.3) is 5.91 Å². The molecule has 1 heterocycles. The molecule has 0 bridgehead atoms. The van der Waals surface area contributed by atoms with Gasteiger partial charge in [0, 0.05) is 12.1 Å². The van der Waals surface area contributed by atoms with Gasteiger partial charge in [-0.25, -0.2) is 4.79 Å². The largest absolute Gasteiger partial charge is 0.457 e. The second kappa shape index (κ2) is 10.4. The number of hydrogen-bond donors (Lipinski definition) is 2. The van der Waals surface area contributed by atoms with Crippen LogP contribution in [-0.2, 0) is 21.5 Å². The standard InChI is InChI=1S/C30H25N3O4/c34-27(31-24-16-18-26(19-17-24)37-25-14-8-3-9-15-25)21-33-28(35)30(32-29(33)36,23-12-6-2-7-13-23)20-22-10-4-1-5-11-22/h1-19H,20-21H2,(H,31,34)(H,32,36). The molecule has 0 spiro atoms. The van der Waals surface area contributed by atoms with E-state index in [1.165, 1.54) is 0 Å². The maximum absolute atomic E-state index is 13.7. The number of hydrogen-bond acceptors (Lipinski definition) is 4. The number of urea groups is 1. The molecule has 0 radical (unpaired) electrons. The molecule has 184 valence electrons. The fraction of sp³-hybridized carbons (Fsp3) is 0.100. The van der Waals surface area contributed by atoms with E-state index in [1.54, 1.807) is 24.3 Å². The van der Waals surface area contributed by atoms with Crippen LogP contribution in [0.2, 0.25) is 0 Å². The van der Waals surface area contributed by atoms with Crippen molar-refractivity contribution in [2.75, 3.05) is 11.9 Å². The number of ether oxygens (including phenoxy) is 1. The van der Waals surface area contributed by atoms with Gasteiger partial charge in [0.05, 0.1) is 0 Å². The Hall–Kier alpha value is -4.91. The summed E-state index contributed by atoms with van der Waals surface area (Å²) in [6.07, 6.45) is 0.267. The first kappa shape index (κ1) is 23.8. The summed E-state index contributed by atoms with van der Waals surface area (Å²) < 4.78 is 5.77. The maximum Gasteiger partial charge on any atom is 0.325 e. The lowest BCUT2D eigenvalue weighted by molar-refractivity contribution is -0.134. The predicted molar refractivity (Wildman–Crippen MR) is 140 cm³/mol. The van der Waals surface area contributed by atoms with E-state index < -0.39 is 29.9 Å². The van der Waals surface area contributed by atoms with Crippen molar-refractivity contribution in [2.24, 2.45) is 0 Å². The Morgan fingerprint density at radius 3 is 1.97 bits per heavy atom. The van der Waals surface area contributed by atoms with Crippen molar-refractivity contribution in [1.29, 1.82) is 0 Å². The summed E-state index contributed by atoms with van der Waals surface area (Å²) in [5.74, 6) is 0.375. The Balaban J connectivity index is 1.29. The Morgan fingerprint density at radius 1 is 0.757 bits per heavy atom. The highest BCUT2D eigenvalue weighted by atomic mass is 16.5. The van der Waals surface area contributed by atoms with E-state index >= 15 is 0 Å². The van der Waals surface area contributed by atoms with Crippen LogP contribution in [0.15, 0.2) is 115 Å². The fourth-order valence-corrected chi connectivity index (χ4v) is 4.39. The Bertz CT molecular complexity index is 1390. The third-order valence-electron chi connectivity index (χ3n) is 6.17. The van der Waals surface area contributed by atoms with E-state index in [9.17, 15) is 14.4 Å². The van der Waals surface area contributed by atoms with E-state index in [1.807, 2.05) is 91.0 Å². The van der Waals surface area contributed by atoms with Crippen LogP contribution in [0, 0.1) is 0 Å². The number of imide groups is 1. The molecule has 1 atom stereocenters. The number of nitrogens with zero attached hydrogens (tertiary/aromatic N) is 1. The summed E-state index contributed by atoms with van der Waals surface area (Å²) >= 11 is 0. The van der Waals surface area contributed by atoms with Gasteiger partial charge < -0.3 is 15.4 Å². The van der Waals surface area contributed by atoms with Crippen molar-refractivity contribution >= 4 is 23.5 Å². The Morgan fingerprint density at radius 2 is 1.32 bits per heavy atom. The van der Waals surface area contributed by atoms with Crippen LogP contribution < -0.4 is 15.4 Å². The summed E-state index contributed by atoms with van der Waals surface area (Å²) in [5.41, 5.74) is 0.783. The lowest BCUT2D eigenvalue weighted by Crippen LogP contribution is -2.46. The minimum Gasteiger partial charge on any atom is -0.457 e. The van der Waals surface area contributed by atoms with Gasteiger partial charge in [0.2, 0.25) is 5.91 Å². The van der Waals surface area contributed by atoms with E-state index in [2.05, 4.69) is 10.6 Å². The maximum atomic E-state index is 13.7. The van der Waals surface area contributed by atoms with Gasteiger partial charge in [-0.2, -0.15) is 0 Å². The van der Waals surface area contributed by atoms with Crippen molar-refractivity contribution in [2.45, 2.75) is 12.0 Å². The second-order valence-electron chi connectivity index (χ2n) is 8.74. The molecule has 37 heavy (non-hydrogen) atoms. The van der Waals surface area contributed by atoms with E-state index in [-0.39, 0.29) is 6.42 Å². The average Bonchev–Trinajstić information content (AvgIpc) is 3.16. The van der Waals surface area contributed by atoms with Gasteiger partial charge in [0.1, 0.15) is 18.0 Å². The van der Waals surface area contributed by atoms with Crippen molar-refractivity contribution in [1.82, 2.24) is 10.2 Å². The number of benzene rings is 4. The first-order valence-electron chi connectivity index (χ1n) is 11.9. The molecule has 1 saturated heterocycles. The van der Waals surface area contributed by atoms with Gasteiger partial charge in [-0.1, -0.05) is 78.9 Å². The molecule has 5 rings (SSSR count). The lowest BCUT2D eigenvalue weighted by Gasteiger charge is -2.27. The molecule has 0 aromatic heterocycles. The van der Waals surface area contributed by atoms with Crippen LogP contribution in [0.4, 0.5) is 10.5 Å². The summed E-state index contributed by atoms with van der Waals surface area (Å²) in [6, 6.07) is 34.2. The summed E-state index contributed by atoms with van der Waals surface area (Å²) in [7, 11) is 0. The molecule has 1 unspecified atom stereocenters. The van der Waals surface area contributed by atoms with Crippen LogP contribution in [0.1, 0.15) is 11.1 Å². The number of amides is 4. The van der Waals surface area contributed by atoms with Crippen LogP contribution in [-0.4, -0.2) is 29.3 Å². The average molecular weight is 492 g/mol. The number of anilines is 1. The highest BCUT2D eigenvalue weighted by Gasteiger charge is 2.52. The van der Waals surface area contributed by atoms with Crippen molar-refractivity contribution in [3.8, 4) is 11.5 Å². The molecule has 4 aromatic rings. The van der Waals surface area contributed by atoms with Crippen LogP contribution in [0.5, 0.6) is 11.5 Å². The smallest absolute Gasteiger partial charge is 0.325 e. The van der Waals surface area contributed by atoms with E-state index in [0.717, 1.165) is 10.5 Å². The van der Waals surface area contributed by atoms with Crippen LogP contribution in [0.3, 0.4) is 0 Å². The van der Waals surface area contributed by atoms with Gasteiger partial charge in [0.15, 0.2) is 5.54 Å². The number of carbonyl (C=O) groups excluding carboxylic acids is 3. The summed E-state index contributed by atoms with van der Waals surface area (Å²) in [4.78, 5) is 40.5. The number of carbonyl (C=O) groups is 3. The van der Waals surface area contributed by atoms with Crippen molar-refractivity contribution in [3.63, 3.8) is 0 Å². The summed E-state index contributed by atoms with van der Waals surface area (Å²) in [5, 5.41) is 5.62. The van der Waals surface area contributed by atoms with Crippen LogP contribution in [0.25, 0.3) is 0 Å². The van der Waals surface area contributed by atoms with Gasteiger partial charge in [-0.3, -0.25) is 14.5 Å². The lowest BCUT2D eigenvalue weighted by atomic mass is 9.83. The molecule has 0 saturated carbocycles. The number of nitrogens with one attached hydrogen (secondary N) is 2. The van der Waals surface area contributed by atoms with Crippen molar-refractivity contribution in [3.05, 3.63) is 126 Å². The first-order chi connectivity index (χ1) is 18.0. The normalized spacial score (nSPS) is 16.8. The third kappa shape index (κ3) is 5.21. The highest BCUT2D eigenvalue weighted by molar-refractivity contribution is 6.10. The highest BCUT2D eigenvalue weighted by Crippen LogP contribution is 2.33. The second-order valence-corrected chi connectivity index (χ2v) is 8.74. The number of rotatable bonds is 8. The predicted octanol–water partition coefficient (Wildman–Crippen LogP) is 5.11. The molecule has 0 aliphatic carbocycles. The fourth-order valence-electron chi connectivity index (χ4n) is 4.39. The molecule has 1 fully saturated rings. The molecule has 4 aromatic carbocycles. The molecule has 7 heteroatoms. The zero-order chi connectivity index (χ0) is 25.7. The number of para-hydroxylation sites is 1. The first-order valence-corrected chi connectivity index (χ1v) is 11.9. The van der Waals surface area contributed by atoms with Crippen molar-refractivity contribution < 1.29 is 19.1 Å². The minimum absolute atomic E-state index is 0.267. The SMILES string of the molecule is O=C(CN1C(=O)NC(Cc2ccccc2)(c2ccccc2)C1=O)Nc1ccc(Oc2ccccc2)cc1. The van der Waals surface area contributed by atoms with E-state index in [4.69, 9.17) is 4.74 Å². The molecular formula is C30H25N3O4. The van der Waals surface area contributed by atoms with Gasteiger partial charge in [-0.15, -0.1) is 0 Å². The molecule has 2 N–H and O–H groups in total. The zero-order valence-corrected chi connectivity index (χ0v) is 20.0. The van der Waals surface area contributed by atoms with E-state index in [0.29, 0.717) is 22.7 Å². The summed E-state index contributed by atoms with van der Waals surface area (Å²) in [6.45, 7) is -0.406. The van der Waals surface area contributed by atoms with Crippen LogP contribution >= 0.6 is 0 Å². The van der Waals surface area contributed by atoms with Gasteiger partial charge >= 0.3 is 6.03 Å². The topological polar surface area (TPSA) is 87.7 Å².